The van der Waals surface area contributed by atoms with Crippen LogP contribution in [0.3, 0.4) is 0 Å². The van der Waals surface area contributed by atoms with Crippen molar-refractivity contribution in [2.75, 3.05) is 4.90 Å². The SMILES string of the molecule is CC1=C(c2nc(-c3cccc(F)c3)no2)C(c2ccc(F)cc2)NC(=S)N1c1ccc(F)cc1. The van der Waals surface area contributed by atoms with Gasteiger partial charge in [-0.15, -0.1) is 0 Å². The van der Waals surface area contributed by atoms with Gasteiger partial charge in [0.1, 0.15) is 17.5 Å². The number of thiocarbonyl (C=S) groups is 1. The molecule has 1 N–H and O–H groups in total. The average Bonchev–Trinajstić information content (AvgIpc) is 3.30. The monoisotopic (exact) mass is 478 g/mol. The summed E-state index contributed by atoms with van der Waals surface area (Å²) in [6, 6.07) is 17.2. The molecule has 9 heteroatoms. The Labute approximate surface area is 198 Å². The number of rotatable bonds is 4. The lowest BCUT2D eigenvalue weighted by Crippen LogP contribution is -2.46. The van der Waals surface area contributed by atoms with Crippen molar-refractivity contribution in [2.45, 2.75) is 13.0 Å². The fourth-order valence-electron chi connectivity index (χ4n) is 3.90. The summed E-state index contributed by atoms with van der Waals surface area (Å²) in [6.07, 6.45) is 0. The van der Waals surface area contributed by atoms with Gasteiger partial charge >= 0.3 is 0 Å². The van der Waals surface area contributed by atoms with Crippen LogP contribution in [-0.4, -0.2) is 15.3 Å². The zero-order valence-electron chi connectivity index (χ0n) is 17.8. The van der Waals surface area contributed by atoms with E-state index in [0.717, 1.165) is 5.56 Å². The lowest BCUT2D eigenvalue weighted by Gasteiger charge is -2.37. The van der Waals surface area contributed by atoms with Crippen molar-refractivity contribution >= 4 is 28.6 Å². The standard InChI is InChI=1S/C25H17F3N4OS/c1-14-21(24-30-23(31-33-24)16-3-2-4-19(28)13-16)22(15-5-7-17(26)8-6-15)29-25(34)32(14)20-11-9-18(27)10-12-20/h2-13,22H,1H3,(H,29,34). The number of hydrogen-bond acceptors (Lipinski definition) is 4. The first-order valence-corrected chi connectivity index (χ1v) is 10.7. The van der Waals surface area contributed by atoms with E-state index in [2.05, 4.69) is 15.5 Å². The van der Waals surface area contributed by atoms with Crippen molar-refractivity contribution in [3.63, 3.8) is 0 Å². The number of allylic oxidation sites excluding steroid dienone is 1. The first-order chi connectivity index (χ1) is 16.4. The van der Waals surface area contributed by atoms with Gasteiger partial charge in [0.05, 0.1) is 11.6 Å². The second-order valence-corrected chi connectivity index (χ2v) is 8.07. The van der Waals surface area contributed by atoms with Crippen LogP contribution in [0.1, 0.15) is 24.4 Å². The average molecular weight is 478 g/mol. The van der Waals surface area contributed by atoms with Crippen molar-refractivity contribution in [1.82, 2.24) is 15.5 Å². The highest BCUT2D eigenvalue weighted by Gasteiger charge is 2.34. The second-order valence-electron chi connectivity index (χ2n) is 7.68. The van der Waals surface area contributed by atoms with Crippen LogP contribution in [0.25, 0.3) is 17.0 Å². The molecule has 0 saturated heterocycles. The largest absolute Gasteiger partial charge is 0.351 e. The third-order valence-corrected chi connectivity index (χ3v) is 5.81. The lowest BCUT2D eigenvalue weighted by atomic mass is 9.94. The molecule has 5 nitrogen and oxygen atoms in total. The van der Waals surface area contributed by atoms with Crippen LogP contribution < -0.4 is 10.2 Å². The van der Waals surface area contributed by atoms with Gasteiger partial charge in [-0.2, -0.15) is 4.98 Å². The van der Waals surface area contributed by atoms with Crippen LogP contribution in [-0.2, 0) is 0 Å². The molecule has 1 aromatic heterocycles. The molecule has 1 aliphatic heterocycles. The minimum atomic E-state index is -0.523. The van der Waals surface area contributed by atoms with E-state index in [0.29, 0.717) is 27.6 Å². The van der Waals surface area contributed by atoms with E-state index in [1.165, 1.54) is 36.4 Å². The van der Waals surface area contributed by atoms with Gasteiger partial charge in [-0.3, -0.25) is 4.90 Å². The van der Waals surface area contributed by atoms with Crippen LogP contribution >= 0.6 is 12.2 Å². The van der Waals surface area contributed by atoms with Crippen molar-refractivity contribution in [3.8, 4) is 11.4 Å². The Morgan fingerprint density at radius 1 is 0.912 bits per heavy atom. The zero-order valence-corrected chi connectivity index (χ0v) is 18.6. The van der Waals surface area contributed by atoms with Crippen molar-refractivity contribution in [2.24, 2.45) is 0 Å². The van der Waals surface area contributed by atoms with Crippen molar-refractivity contribution in [3.05, 3.63) is 107 Å². The molecule has 1 aliphatic rings. The number of halogens is 3. The lowest BCUT2D eigenvalue weighted by molar-refractivity contribution is 0.404. The van der Waals surface area contributed by atoms with Crippen LogP contribution in [0.15, 0.2) is 83.0 Å². The molecule has 34 heavy (non-hydrogen) atoms. The smallest absolute Gasteiger partial charge is 0.258 e. The molecule has 0 radical (unpaired) electrons. The van der Waals surface area contributed by atoms with E-state index in [9.17, 15) is 13.2 Å². The Morgan fingerprint density at radius 2 is 1.59 bits per heavy atom. The third kappa shape index (κ3) is 4.06. The summed E-state index contributed by atoms with van der Waals surface area (Å²) >= 11 is 5.63. The molecule has 0 fully saturated rings. The predicted molar refractivity (Wildman–Crippen MR) is 126 cm³/mol. The molecule has 0 spiro atoms. The van der Waals surface area contributed by atoms with Gasteiger partial charge in [0, 0.05) is 16.9 Å². The fraction of sp³-hybridized carbons (Fsp3) is 0.0800. The van der Waals surface area contributed by atoms with E-state index < -0.39 is 11.9 Å². The molecule has 3 aromatic carbocycles. The summed E-state index contributed by atoms with van der Waals surface area (Å²) in [5, 5.41) is 7.65. The highest BCUT2D eigenvalue weighted by Crippen LogP contribution is 2.39. The second kappa shape index (κ2) is 8.75. The number of benzene rings is 3. The Balaban J connectivity index is 1.65. The molecule has 0 aliphatic carbocycles. The van der Waals surface area contributed by atoms with E-state index in [1.807, 2.05) is 6.92 Å². The molecule has 170 valence electrons. The molecular weight excluding hydrogens is 461 g/mol. The summed E-state index contributed by atoms with van der Waals surface area (Å²) in [6.45, 7) is 1.83. The van der Waals surface area contributed by atoms with Gasteiger partial charge < -0.3 is 9.84 Å². The maximum Gasteiger partial charge on any atom is 0.258 e. The molecule has 0 saturated carbocycles. The molecule has 2 heterocycles. The Bertz CT molecular complexity index is 1400. The quantitative estimate of drug-likeness (QED) is 0.362. The van der Waals surface area contributed by atoms with E-state index in [-0.39, 0.29) is 23.3 Å². The topological polar surface area (TPSA) is 54.2 Å². The fourth-order valence-corrected chi connectivity index (χ4v) is 4.26. The van der Waals surface area contributed by atoms with Crippen LogP contribution in [0.2, 0.25) is 0 Å². The van der Waals surface area contributed by atoms with Gasteiger partial charge in [0.2, 0.25) is 5.82 Å². The first kappa shape index (κ1) is 21.8. The Hall–Kier alpha value is -3.98. The molecule has 0 amide bonds. The zero-order chi connectivity index (χ0) is 23.8. The first-order valence-electron chi connectivity index (χ1n) is 10.3. The van der Waals surface area contributed by atoms with Crippen molar-refractivity contribution in [1.29, 1.82) is 0 Å². The van der Waals surface area contributed by atoms with Gasteiger partial charge in [-0.25, -0.2) is 13.2 Å². The van der Waals surface area contributed by atoms with Crippen LogP contribution in [0.4, 0.5) is 18.9 Å². The molecular formula is C25H17F3N4OS. The number of anilines is 1. The van der Waals surface area contributed by atoms with Gasteiger partial charge in [-0.1, -0.05) is 29.4 Å². The van der Waals surface area contributed by atoms with E-state index >= 15 is 0 Å². The molecule has 1 atom stereocenters. The van der Waals surface area contributed by atoms with E-state index in [1.54, 1.807) is 41.3 Å². The normalized spacial score (nSPS) is 16.1. The number of hydrogen-bond donors (Lipinski definition) is 1. The highest BCUT2D eigenvalue weighted by molar-refractivity contribution is 7.80. The van der Waals surface area contributed by atoms with Crippen molar-refractivity contribution < 1.29 is 17.7 Å². The summed E-state index contributed by atoms with van der Waals surface area (Å²) in [5.41, 5.74) is 3.08. The molecule has 0 bridgehead atoms. The maximum absolute atomic E-state index is 13.7. The summed E-state index contributed by atoms with van der Waals surface area (Å²) in [5.74, 6) is -0.760. The summed E-state index contributed by atoms with van der Waals surface area (Å²) in [4.78, 5) is 6.24. The predicted octanol–water partition coefficient (Wildman–Crippen LogP) is 6.02. The highest BCUT2D eigenvalue weighted by atomic mass is 32.1. The van der Waals surface area contributed by atoms with E-state index in [4.69, 9.17) is 16.7 Å². The number of aromatic nitrogens is 2. The Kier molecular flexibility index (Phi) is 5.62. The third-order valence-electron chi connectivity index (χ3n) is 5.51. The molecule has 1 unspecified atom stereocenters. The Morgan fingerprint density at radius 3 is 2.26 bits per heavy atom. The van der Waals surface area contributed by atoms with Gasteiger partial charge in [-0.05, 0) is 73.2 Å². The maximum atomic E-state index is 13.7. The minimum Gasteiger partial charge on any atom is -0.351 e. The van der Waals surface area contributed by atoms with Gasteiger partial charge in [0.25, 0.3) is 5.89 Å². The van der Waals surface area contributed by atoms with Crippen LogP contribution in [0.5, 0.6) is 0 Å². The number of nitrogens with one attached hydrogen (secondary N) is 1. The number of nitrogens with zero attached hydrogens (tertiary/aromatic N) is 3. The molecule has 5 rings (SSSR count). The summed E-state index contributed by atoms with van der Waals surface area (Å²) < 4.78 is 46.4. The summed E-state index contributed by atoms with van der Waals surface area (Å²) in [7, 11) is 0. The molecule has 4 aromatic rings. The van der Waals surface area contributed by atoms with Crippen LogP contribution in [0, 0.1) is 17.5 Å². The van der Waals surface area contributed by atoms with Gasteiger partial charge in [0.15, 0.2) is 5.11 Å². The minimum absolute atomic E-state index is 0.188.